The lowest BCUT2D eigenvalue weighted by molar-refractivity contribution is 0.0596. The van der Waals surface area contributed by atoms with Crippen LogP contribution in [0.1, 0.15) is 29.6 Å². The summed E-state index contributed by atoms with van der Waals surface area (Å²) in [5.41, 5.74) is -0.775. The highest BCUT2D eigenvalue weighted by molar-refractivity contribution is 5.93. The maximum atomic E-state index is 14.1. The van der Waals surface area contributed by atoms with Crippen LogP contribution < -0.4 is 4.90 Å². The zero-order valence-electron chi connectivity index (χ0n) is 10.6. The van der Waals surface area contributed by atoms with Crippen molar-refractivity contribution in [3.8, 4) is 5.75 Å². The van der Waals surface area contributed by atoms with Gasteiger partial charge in [-0.15, -0.1) is 0 Å². The number of esters is 1. The molecule has 1 N–H and O–H groups in total. The highest BCUT2D eigenvalue weighted by Gasteiger charge is 2.26. The number of ether oxygens (including phenoxy) is 1. The zero-order chi connectivity index (χ0) is 14.0. The van der Waals surface area contributed by atoms with E-state index in [0.29, 0.717) is 13.1 Å². The van der Waals surface area contributed by atoms with Crippen LogP contribution in [0.4, 0.5) is 14.5 Å². The van der Waals surface area contributed by atoms with E-state index >= 15 is 0 Å². The van der Waals surface area contributed by atoms with E-state index < -0.39 is 28.9 Å². The molecule has 4 nitrogen and oxygen atoms in total. The molecule has 2 rings (SSSR count). The van der Waals surface area contributed by atoms with Gasteiger partial charge in [-0.05, 0) is 25.3 Å². The Balaban J connectivity index is 2.45. The lowest BCUT2D eigenvalue weighted by Crippen LogP contribution is -2.31. The van der Waals surface area contributed by atoms with Gasteiger partial charge < -0.3 is 14.7 Å². The third-order valence-electron chi connectivity index (χ3n) is 3.25. The molecule has 0 aliphatic carbocycles. The minimum Gasteiger partial charge on any atom is -0.504 e. The number of nitrogens with zero attached hydrogens (tertiary/aromatic N) is 1. The van der Waals surface area contributed by atoms with E-state index in [1.807, 2.05) is 0 Å². The summed E-state index contributed by atoms with van der Waals surface area (Å²) >= 11 is 0. The Morgan fingerprint density at radius 3 is 2.53 bits per heavy atom. The summed E-state index contributed by atoms with van der Waals surface area (Å²) in [7, 11) is 1.08. The van der Waals surface area contributed by atoms with E-state index in [4.69, 9.17) is 0 Å². The molecule has 0 atom stereocenters. The van der Waals surface area contributed by atoms with Gasteiger partial charge in [0.25, 0.3) is 0 Å². The van der Waals surface area contributed by atoms with Crippen LogP contribution in [0.5, 0.6) is 5.75 Å². The fourth-order valence-electron chi connectivity index (χ4n) is 2.27. The second-order valence-electron chi connectivity index (χ2n) is 4.46. The van der Waals surface area contributed by atoms with Gasteiger partial charge in [-0.25, -0.2) is 13.6 Å². The number of rotatable bonds is 2. The molecule has 104 valence electrons. The van der Waals surface area contributed by atoms with Crippen LogP contribution in [0, 0.1) is 11.6 Å². The molecule has 6 heteroatoms. The third-order valence-corrected chi connectivity index (χ3v) is 3.25. The van der Waals surface area contributed by atoms with E-state index in [1.165, 1.54) is 0 Å². The highest BCUT2D eigenvalue weighted by atomic mass is 19.1. The summed E-state index contributed by atoms with van der Waals surface area (Å²) in [6.07, 6.45) is 2.71. The van der Waals surface area contributed by atoms with E-state index in [2.05, 4.69) is 4.74 Å². The summed E-state index contributed by atoms with van der Waals surface area (Å²) in [6.45, 7) is 1.07. The molecule has 0 saturated carbocycles. The first-order chi connectivity index (χ1) is 9.06. The van der Waals surface area contributed by atoms with Gasteiger partial charge in [0.05, 0.1) is 7.11 Å². The lowest BCUT2D eigenvalue weighted by atomic mass is 10.1. The molecule has 1 aromatic carbocycles. The minimum atomic E-state index is -1.11. The van der Waals surface area contributed by atoms with Crippen LogP contribution >= 0.6 is 0 Å². The summed E-state index contributed by atoms with van der Waals surface area (Å²) < 4.78 is 32.4. The molecule has 0 aromatic heterocycles. The highest BCUT2D eigenvalue weighted by Crippen LogP contribution is 2.34. The van der Waals surface area contributed by atoms with E-state index in [0.717, 1.165) is 32.4 Å². The average molecular weight is 271 g/mol. The Kier molecular flexibility index (Phi) is 3.87. The number of aromatic hydroxyl groups is 1. The van der Waals surface area contributed by atoms with Crippen molar-refractivity contribution in [2.75, 3.05) is 25.1 Å². The van der Waals surface area contributed by atoms with Crippen LogP contribution in [-0.4, -0.2) is 31.3 Å². The number of anilines is 1. The topological polar surface area (TPSA) is 49.8 Å². The molecule has 0 radical (unpaired) electrons. The number of phenols is 1. The average Bonchev–Trinajstić information content (AvgIpc) is 2.43. The predicted octanol–water partition coefficient (Wildman–Crippen LogP) is 2.45. The Labute approximate surface area is 109 Å². The van der Waals surface area contributed by atoms with Crippen molar-refractivity contribution in [3.05, 3.63) is 23.3 Å². The summed E-state index contributed by atoms with van der Waals surface area (Å²) in [4.78, 5) is 12.8. The van der Waals surface area contributed by atoms with E-state index in [-0.39, 0.29) is 5.69 Å². The van der Waals surface area contributed by atoms with Gasteiger partial charge in [-0.1, -0.05) is 0 Å². The number of piperidine rings is 1. The quantitative estimate of drug-likeness (QED) is 0.839. The van der Waals surface area contributed by atoms with Crippen molar-refractivity contribution in [1.29, 1.82) is 0 Å². The fourth-order valence-corrected chi connectivity index (χ4v) is 2.27. The van der Waals surface area contributed by atoms with Gasteiger partial charge in [0.15, 0.2) is 17.4 Å². The van der Waals surface area contributed by atoms with E-state index in [1.54, 1.807) is 4.90 Å². The summed E-state index contributed by atoms with van der Waals surface area (Å²) in [6, 6.07) is 0.814. The van der Waals surface area contributed by atoms with Gasteiger partial charge in [-0.2, -0.15) is 0 Å². The standard InChI is InChI=1S/C13H15F2NO3/c1-19-13(18)8-7-9(14)11(10(15)12(8)17)16-5-3-2-4-6-16/h7,17H,2-6H2,1H3. The maximum Gasteiger partial charge on any atom is 0.341 e. The van der Waals surface area contributed by atoms with E-state index in [9.17, 15) is 18.7 Å². The molecule has 1 saturated heterocycles. The van der Waals surface area contributed by atoms with Gasteiger partial charge >= 0.3 is 5.97 Å². The second-order valence-corrected chi connectivity index (χ2v) is 4.46. The smallest absolute Gasteiger partial charge is 0.341 e. The van der Waals surface area contributed by atoms with Crippen LogP contribution in [0.15, 0.2) is 6.07 Å². The van der Waals surface area contributed by atoms with Gasteiger partial charge in [-0.3, -0.25) is 0 Å². The number of carbonyl (C=O) groups is 1. The molecule has 1 aliphatic heterocycles. The number of carbonyl (C=O) groups excluding carboxylic acids is 1. The zero-order valence-corrected chi connectivity index (χ0v) is 10.6. The molecule has 1 aromatic rings. The Hall–Kier alpha value is -1.85. The largest absolute Gasteiger partial charge is 0.504 e. The first kappa shape index (κ1) is 13.6. The number of phenolic OH excluding ortho intramolecular Hbond substituents is 1. The molecule has 19 heavy (non-hydrogen) atoms. The molecule has 1 aliphatic rings. The number of methoxy groups -OCH3 is 1. The Morgan fingerprint density at radius 1 is 1.32 bits per heavy atom. The van der Waals surface area contributed by atoms with Crippen molar-refractivity contribution in [2.24, 2.45) is 0 Å². The Morgan fingerprint density at radius 2 is 1.95 bits per heavy atom. The third kappa shape index (κ3) is 2.47. The first-order valence-corrected chi connectivity index (χ1v) is 6.10. The molecule has 0 amide bonds. The number of hydrogen-bond acceptors (Lipinski definition) is 4. The normalized spacial score (nSPS) is 15.4. The molecule has 1 heterocycles. The molecule has 0 spiro atoms. The van der Waals surface area contributed by atoms with Gasteiger partial charge in [0.1, 0.15) is 11.3 Å². The summed E-state index contributed by atoms with van der Waals surface area (Å²) in [5, 5.41) is 9.67. The molecular formula is C13H15F2NO3. The minimum absolute atomic E-state index is 0.273. The number of halogens is 2. The monoisotopic (exact) mass is 271 g/mol. The number of hydrogen-bond donors (Lipinski definition) is 1. The SMILES string of the molecule is COC(=O)c1cc(F)c(N2CCCCC2)c(F)c1O. The van der Waals surface area contributed by atoms with Crippen LogP contribution in [-0.2, 0) is 4.74 Å². The van der Waals surface area contributed by atoms with Crippen molar-refractivity contribution in [3.63, 3.8) is 0 Å². The molecule has 1 fully saturated rings. The number of benzene rings is 1. The van der Waals surface area contributed by atoms with Crippen LogP contribution in [0.2, 0.25) is 0 Å². The van der Waals surface area contributed by atoms with Crippen molar-refractivity contribution in [1.82, 2.24) is 0 Å². The fraction of sp³-hybridized carbons (Fsp3) is 0.462. The van der Waals surface area contributed by atoms with Crippen LogP contribution in [0.3, 0.4) is 0 Å². The molecule has 0 unspecified atom stereocenters. The van der Waals surface area contributed by atoms with Gasteiger partial charge in [0.2, 0.25) is 0 Å². The van der Waals surface area contributed by atoms with Crippen molar-refractivity contribution < 1.29 is 23.4 Å². The lowest BCUT2D eigenvalue weighted by Gasteiger charge is -2.29. The molecule has 0 bridgehead atoms. The maximum absolute atomic E-state index is 14.1. The summed E-state index contributed by atoms with van der Waals surface area (Å²) in [5.74, 6) is -3.81. The van der Waals surface area contributed by atoms with Crippen molar-refractivity contribution >= 4 is 11.7 Å². The van der Waals surface area contributed by atoms with Crippen molar-refractivity contribution in [2.45, 2.75) is 19.3 Å². The Bertz CT molecular complexity index is 499. The second kappa shape index (κ2) is 5.42. The first-order valence-electron chi connectivity index (χ1n) is 6.10. The van der Waals surface area contributed by atoms with Gasteiger partial charge in [0, 0.05) is 13.1 Å². The predicted molar refractivity (Wildman–Crippen MR) is 65.4 cm³/mol. The van der Waals surface area contributed by atoms with Crippen LogP contribution in [0.25, 0.3) is 0 Å². The molecular weight excluding hydrogens is 256 g/mol.